The van der Waals surface area contributed by atoms with Crippen molar-refractivity contribution >= 4 is 29.3 Å². The highest BCUT2D eigenvalue weighted by Gasteiger charge is 2.15. The summed E-state index contributed by atoms with van der Waals surface area (Å²) >= 11 is 0. The summed E-state index contributed by atoms with van der Waals surface area (Å²) in [6, 6.07) is 5.74. The monoisotopic (exact) mass is 407 g/mol. The van der Waals surface area contributed by atoms with Crippen LogP contribution < -0.4 is 15.4 Å². The van der Waals surface area contributed by atoms with E-state index in [1.165, 1.54) is 11.3 Å². The number of carboxylic acid groups (broad SMARTS) is 1. The number of amides is 1. The highest BCUT2D eigenvalue weighted by molar-refractivity contribution is 5.86. The van der Waals surface area contributed by atoms with Crippen LogP contribution in [0.3, 0.4) is 0 Å². The molecule has 1 aromatic carbocycles. The summed E-state index contributed by atoms with van der Waals surface area (Å²) in [6.45, 7) is 7.28. The van der Waals surface area contributed by atoms with Crippen LogP contribution in [0.2, 0.25) is 0 Å². The van der Waals surface area contributed by atoms with Gasteiger partial charge in [0.25, 0.3) is 12.4 Å². The Labute approximate surface area is 169 Å². The van der Waals surface area contributed by atoms with Crippen LogP contribution in [0.25, 0.3) is 10.9 Å². The van der Waals surface area contributed by atoms with Gasteiger partial charge in [-0.1, -0.05) is 13.8 Å². The van der Waals surface area contributed by atoms with Gasteiger partial charge in [-0.05, 0) is 43.7 Å². The molecule has 1 amide bonds. The smallest absolute Gasteiger partial charge is 0.325 e. The quantitative estimate of drug-likeness (QED) is 0.423. The van der Waals surface area contributed by atoms with E-state index in [-0.39, 0.29) is 25.5 Å². The lowest BCUT2D eigenvalue weighted by molar-refractivity contribution is -0.143. The van der Waals surface area contributed by atoms with Crippen LogP contribution in [0.5, 0.6) is 5.75 Å². The molecule has 29 heavy (non-hydrogen) atoms. The minimum Gasteiger partial charge on any atom is -0.484 e. The molecular weight excluding hydrogens is 378 g/mol. The Bertz CT molecular complexity index is 803. The minimum atomic E-state index is -0.458. The molecule has 0 saturated carbocycles. The molecule has 2 heterocycles. The van der Waals surface area contributed by atoms with Gasteiger partial charge < -0.3 is 30.2 Å². The number of benzene rings is 1. The number of carbonyl (C=O) groups is 3. The van der Waals surface area contributed by atoms with Gasteiger partial charge in [-0.2, -0.15) is 0 Å². The third kappa shape index (κ3) is 7.46. The number of rotatable bonds is 6. The number of hydrogen-bond acceptors (Lipinski definition) is 6. The molecule has 0 spiro atoms. The zero-order chi connectivity index (χ0) is 21.6. The number of nitrogens with one attached hydrogen (secondary N) is 3. The van der Waals surface area contributed by atoms with Crippen molar-refractivity contribution in [1.29, 1.82) is 0 Å². The normalized spacial score (nSPS) is 11.7. The van der Waals surface area contributed by atoms with Gasteiger partial charge in [-0.3, -0.25) is 14.4 Å². The van der Waals surface area contributed by atoms with E-state index in [9.17, 15) is 9.59 Å². The van der Waals surface area contributed by atoms with E-state index in [1.807, 2.05) is 32.0 Å². The molecule has 9 nitrogen and oxygen atoms in total. The maximum atomic E-state index is 11.7. The second-order valence-corrected chi connectivity index (χ2v) is 5.69. The molecule has 0 bridgehead atoms. The fraction of sp³-hybridized carbons (Fsp3) is 0.450. The van der Waals surface area contributed by atoms with Gasteiger partial charge in [-0.15, -0.1) is 0 Å². The third-order valence-electron chi connectivity index (χ3n) is 3.92. The van der Waals surface area contributed by atoms with E-state index < -0.39 is 5.97 Å². The van der Waals surface area contributed by atoms with Gasteiger partial charge in [0.2, 0.25) is 0 Å². The second kappa shape index (κ2) is 13.2. The Morgan fingerprint density at radius 1 is 1.31 bits per heavy atom. The predicted molar refractivity (Wildman–Crippen MR) is 109 cm³/mol. The number of aromatic amines is 1. The molecule has 0 aliphatic carbocycles. The van der Waals surface area contributed by atoms with Gasteiger partial charge in [-0.25, -0.2) is 0 Å². The van der Waals surface area contributed by atoms with Gasteiger partial charge >= 0.3 is 5.97 Å². The number of esters is 1. The van der Waals surface area contributed by atoms with Gasteiger partial charge in [0, 0.05) is 23.1 Å². The second-order valence-electron chi connectivity index (χ2n) is 5.69. The molecule has 0 saturated heterocycles. The molecule has 160 valence electrons. The number of fused-ring (bicyclic) bond motifs is 3. The number of hydrogen-bond donors (Lipinski definition) is 4. The molecule has 9 heteroatoms. The molecule has 0 unspecified atom stereocenters. The molecule has 3 rings (SSSR count). The van der Waals surface area contributed by atoms with Gasteiger partial charge in [0.15, 0.2) is 6.61 Å². The zero-order valence-corrected chi connectivity index (χ0v) is 17.0. The minimum absolute atomic E-state index is 0.140. The Balaban J connectivity index is 0.000000771. The molecule has 0 fully saturated rings. The zero-order valence-electron chi connectivity index (χ0n) is 17.0. The Kier molecular flexibility index (Phi) is 10.9. The first-order valence-electron chi connectivity index (χ1n) is 9.56. The van der Waals surface area contributed by atoms with Crippen molar-refractivity contribution in [3.05, 3.63) is 29.5 Å². The number of H-pyrrole nitrogens is 1. The first kappa shape index (κ1) is 24.0. The van der Waals surface area contributed by atoms with E-state index in [2.05, 4.69) is 15.6 Å². The van der Waals surface area contributed by atoms with E-state index in [0.717, 1.165) is 30.4 Å². The van der Waals surface area contributed by atoms with E-state index in [0.29, 0.717) is 12.4 Å². The summed E-state index contributed by atoms with van der Waals surface area (Å²) in [5.41, 5.74) is 3.59. The number of aromatic nitrogens is 1. The fourth-order valence-electron chi connectivity index (χ4n) is 2.82. The first-order chi connectivity index (χ1) is 14.1. The summed E-state index contributed by atoms with van der Waals surface area (Å²) in [5, 5.41) is 13.8. The van der Waals surface area contributed by atoms with Crippen LogP contribution in [0.15, 0.2) is 18.2 Å². The van der Waals surface area contributed by atoms with E-state index in [4.69, 9.17) is 19.4 Å². The van der Waals surface area contributed by atoms with Gasteiger partial charge in [0.1, 0.15) is 12.3 Å². The molecule has 2 aromatic rings. The summed E-state index contributed by atoms with van der Waals surface area (Å²) in [7, 11) is 0. The van der Waals surface area contributed by atoms with E-state index in [1.54, 1.807) is 6.92 Å². The van der Waals surface area contributed by atoms with Gasteiger partial charge in [0.05, 0.1) is 6.61 Å². The third-order valence-corrected chi connectivity index (χ3v) is 3.92. The standard InChI is InChI=1S/C17H21N3O4.C2H6.CH2O2/c1-2-23-17(22)9-19-16(21)10-24-11-3-4-14-13(7-11)12-5-6-18-8-15(12)20-14;1-2;2-1-3/h3-4,7,18,20H,2,5-6,8-10H2,1H3,(H,19,21);1-2H3;1H,(H,2,3). The fourth-order valence-corrected chi connectivity index (χ4v) is 2.82. The van der Waals surface area contributed by atoms with E-state index >= 15 is 0 Å². The van der Waals surface area contributed by atoms with Crippen molar-refractivity contribution < 1.29 is 29.0 Å². The molecule has 1 aromatic heterocycles. The van der Waals surface area contributed by atoms with Crippen LogP contribution in [0.4, 0.5) is 0 Å². The number of ether oxygens (including phenoxy) is 2. The molecular formula is C20H29N3O6. The van der Waals surface area contributed by atoms with Crippen LogP contribution in [0.1, 0.15) is 32.0 Å². The number of carbonyl (C=O) groups excluding carboxylic acids is 2. The lowest BCUT2D eigenvalue weighted by atomic mass is 10.0. The van der Waals surface area contributed by atoms with Crippen molar-refractivity contribution in [3.8, 4) is 5.75 Å². The van der Waals surface area contributed by atoms with Crippen LogP contribution >= 0.6 is 0 Å². The maximum absolute atomic E-state index is 11.7. The van der Waals surface area contributed by atoms with Crippen LogP contribution in [-0.4, -0.2) is 54.7 Å². The molecule has 0 atom stereocenters. The summed E-state index contributed by atoms with van der Waals surface area (Å²) in [4.78, 5) is 34.7. The van der Waals surface area contributed by atoms with Crippen molar-refractivity contribution in [1.82, 2.24) is 15.6 Å². The Morgan fingerprint density at radius 2 is 2.03 bits per heavy atom. The summed E-state index contributed by atoms with van der Waals surface area (Å²) in [5.74, 6) is -0.183. The SMILES string of the molecule is CC.CCOC(=O)CNC(=O)COc1ccc2[nH]c3c(c2c1)CCNC3.O=CO. The first-order valence-corrected chi connectivity index (χ1v) is 9.56. The van der Waals surface area contributed by atoms with Crippen LogP contribution in [-0.2, 0) is 32.1 Å². The van der Waals surface area contributed by atoms with Crippen molar-refractivity contribution in [2.24, 2.45) is 0 Å². The predicted octanol–water partition coefficient (Wildman–Crippen LogP) is 1.60. The largest absolute Gasteiger partial charge is 0.484 e. The van der Waals surface area contributed by atoms with Crippen LogP contribution in [0, 0.1) is 0 Å². The average molecular weight is 407 g/mol. The summed E-state index contributed by atoms with van der Waals surface area (Å²) in [6.07, 6.45) is 0.971. The highest BCUT2D eigenvalue weighted by atomic mass is 16.5. The molecule has 4 N–H and O–H groups in total. The van der Waals surface area contributed by atoms with Crippen molar-refractivity contribution in [2.75, 3.05) is 26.3 Å². The Morgan fingerprint density at radius 3 is 2.72 bits per heavy atom. The highest BCUT2D eigenvalue weighted by Crippen LogP contribution is 2.28. The lowest BCUT2D eigenvalue weighted by Gasteiger charge is -2.12. The summed E-state index contributed by atoms with van der Waals surface area (Å²) < 4.78 is 10.3. The van der Waals surface area contributed by atoms with Crippen molar-refractivity contribution in [3.63, 3.8) is 0 Å². The topological polar surface area (TPSA) is 130 Å². The lowest BCUT2D eigenvalue weighted by Crippen LogP contribution is -2.34. The molecule has 1 aliphatic heterocycles. The maximum Gasteiger partial charge on any atom is 0.325 e. The molecule has 1 aliphatic rings. The average Bonchev–Trinajstić information content (AvgIpc) is 3.11. The van der Waals surface area contributed by atoms with Crippen molar-refractivity contribution in [2.45, 2.75) is 33.7 Å². The Hall–Kier alpha value is -3.07. The molecule has 0 radical (unpaired) electrons.